The van der Waals surface area contributed by atoms with E-state index in [0.717, 1.165) is 35.8 Å². The molecule has 1 saturated carbocycles. The molecule has 1 aromatic rings. The first kappa shape index (κ1) is 15.8. The number of carboxylic acid groups (broad SMARTS) is 1. The zero-order chi connectivity index (χ0) is 15.6. The molecule has 4 nitrogen and oxygen atoms in total. The van der Waals surface area contributed by atoms with Gasteiger partial charge in [0, 0.05) is 17.0 Å². The van der Waals surface area contributed by atoms with E-state index in [1.807, 2.05) is 13.0 Å². The van der Waals surface area contributed by atoms with Gasteiger partial charge in [-0.05, 0) is 42.9 Å². The minimum atomic E-state index is -0.985. The number of carbonyl (C=O) groups is 2. The lowest BCUT2D eigenvalue weighted by Crippen LogP contribution is -2.41. The second kappa shape index (κ2) is 6.02. The average Bonchev–Trinajstić information content (AvgIpc) is 2.91. The van der Waals surface area contributed by atoms with Crippen molar-refractivity contribution in [1.82, 2.24) is 5.32 Å². The molecule has 0 spiro atoms. The molecule has 5 heteroatoms. The van der Waals surface area contributed by atoms with Gasteiger partial charge in [0.15, 0.2) is 0 Å². The minimum Gasteiger partial charge on any atom is -0.478 e. The third-order valence-corrected chi connectivity index (χ3v) is 5.32. The van der Waals surface area contributed by atoms with Crippen molar-refractivity contribution in [2.45, 2.75) is 46.1 Å². The fourth-order valence-corrected chi connectivity index (χ4v) is 3.72. The average molecular weight is 307 g/mol. The fraction of sp³-hybridized carbons (Fsp3) is 0.500. The van der Waals surface area contributed by atoms with Crippen LogP contribution in [0.4, 0.5) is 0 Å². The second-order valence-electron chi connectivity index (χ2n) is 6.24. The lowest BCUT2D eigenvalue weighted by molar-refractivity contribution is -0.131. The first-order chi connectivity index (χ1) is 9.79. The summed E-state index contributed by atoms with van der Waals surface area (Å²) in [6.45, 7) is 6.26. The molecule has 0 aromatic carbocycles. The van der Waals surface area contributed by atoms with Crippen LogP contribution in [0, 0.1) is 12.3 Å². The van der Waals surface area contributed by atoms with Crippen LogP contribution in [-0.4, -0.2) is 23.0 Å². The third kappa shape index (κ3) is 3.73. The molecule has 0 bridgehead atoms. The molecule has 0 saturated heterocycles. The van der Waals surface area contributed by atoms with Crippen molar-refractivity contribution < 1.29 is 14.7 Å². The van der Waals surface area contributed by atoms with Gasteiger partial charge in [-0.3, -0.25) is 4.79 Å². The summed E-state index contributed by atoms with van der Waals surface area (Å²) >= 11 is 1.33. The van der Waals surface area contributed by atoms with E-state index in [0.29, 0.717) is 4.88 Å². The van der Waals surface area contributed by atoms with E-state index in [2.05, 4.69) is 19.2 Å². The Morgan fingerprint density at radius 1 is 1.48 bits per heavy atom. The van der Waals surface area contributed by atoms with E-state index in [-0.39, 0.29) is 17.4 Å². The molecule has 114 valence electrons. The van der Waals surface area contributed by atoms with Crippen molar-refractivity contribution >= 4 is 29.3 Å². The summed E-state index contributed by atoms with van der Waals surface area (Å²) in [5.41, 5.74) is 1.07. The summed E-state index contributed by atoms with van der Waals surface area (Å²) in [4.78, 5) is 24.4. The van der Waals surface area contributed by atoms with Gasteiger partial charge in [-0.25, -0.2) is 4.79 Å². The van der Waals surface area contributed by atoms with E-state index in [1.165, 1.54) is 11.3 Å². The zero-order valence-corrected chi connectivity index (χ0v) is 13.4. The SMILES string of the molecule is Cc1cc(C(=O)NC2CCCC2(C)C)sc1/C=C/C(=O)O. The summed E-state index contributed by atoms with van der Waals surface area (Å²) in [7, 11) is 0. The maximum Gasteiger partial charge on any atom is 0.328 e. The van der Waals surface area contributed by atoms with Gasteiger partial charge in [0.05, 0.1) is 4.88 Å². The smallest absolute Gasteiger partial charge is 0.328 e. The number of aryl methyl sites for hydroxylation is 1. The van der Waals surface area contributed by atoms with Gasteiger partial charge in [0.2, 0.25) is 0 Å². The number of rotatable bonds is 4. The van der Waals surface area contributed by atoms with Crippen LogP contribution in [0.5, 0.6) is 0 Å². The van der Waals surface area contributed by atoms with Crippen molar-refractivity contribution in [2.75, 3.05) is 0 Å². The lowest BCUT2D eigenvalue weighted by Gasteiger charge is -2.27. The number of carbonyl (C=O) groups excluding carboxylic acids is 1. The van der Waals surface area contributed by atoms with Crippen LogP contribution in [0.25, 0.3) is 6.08 Å². The molecule has 0 radical (unpaired) electrons. The number of carboxylic acids is 1. The molecule has 2 rings (SSSR count). The van der Waals surface area contributed by atoms with Gasteiger partial charge in [0.1, 0.15) is 0 Å². The predicted molar refractivity (Wildman–Crippen MR) is 84.6 cm³/mol. The molecule has 21 heavy (non-hydrogen) atoms. The summed E-state index contributed by atoms with van der Waals surface area (Å²) in [6, 6.07) is 2.04. The Hall–Kier alpha value is -1.62. The number of amides is 1. The molecule has 1 aromatic heterocycles. The Bertz CT molecular complexity index is 586. The van der Waals surface area contributed by atoms with Crippen LogP contribution < -0.4 is 5.32 Å². The molecular formula is C16H21NO3S. The van der Waals surface area contributed by atoms with Crippen LogP contribution >= 0.6 is 11.3 Å². The fourth-order valence-electron chi connectivity index (χ4n) is 2.74. The number of hydrogen-bond donors (Lipinski definition) is 2. The largest absolute Gasteiger partial charge is 0.478 e. The topological polar surface area (TPSA) is 66.4 Å². The van der Waals surface area contributed by atoms with Crippen molar-refractivity contribution in [3.05, 3.63) is 27.5 Å². The summed E-state index contributed by atoms with van der Waals surface area (Å²) in [5, 5.41) is 11.8. The monoisotopic (exact) mass is 307 g/mol. The van der Waals surface area contributed by atoms with E-state index in [4.69, 9.17) is 5.11 Å². The summed E-state index contributed by atoms with van der Waals surface area (Å²) in [5.74, 6) is -1.04. The molecule has 0 aliphatic heterocycles. The molecule has 2 N–H and O–H groups in total. The molecule has 1 heterocycles. The minimum absolute atomic E-state index is 0.0574. The van der Waals surface area contributed by atoms with Crippen LogP contribution in [0.15, 0.2) is 12.1 Å². The van der Waals surface area contributed by atoms with Crippen LogP contribution in [-0.2, 0) is 4.79 Å². The Balaban J connectivity index is 2.10. The van der Waals surface area contributed by atoms with E-state index < -0.39 is 5.97 Å². The van der Waals surface area contributed by atoms with E-state index in [9.17, 15) is 9.59 Å². The number of hydrogen-bond acceptors (Lipinski definition) is 3. The van der Waals surface area contributed by atoms with Gasteiger partial charge in [-0.1, -0.05) is 20.3 Å². The van der Waals surface area contributed by atoms with Crippen LogP contribution in [0.2, 0.25) is 0 Å². The third-order valence-electron chi connectivity index (χ3n) is 4.12. The van der Waals surface area contributed by atoms with Gasteiger partial charge in [-0.15, -0.1) is 11.3 Å². The number of aliphatic carboxylic acids is 1. The normalized spacial score (nSPS) is 20.8. The van der Waals surface area contributed by atoms with Gasteiger partial charge < -0.3 is 10.4 Å². The number of nitrogens with one attached hydrogen (secondary N) is 1. The molecule has 1 unspecified atom stereocenters. The quantitative estimate of drug-likeness (QED) is 0.837. The maximum absolute atomic E-state index is 12.4. The maximum atomic E-state index is 12.4. The standard InChI is InChI=1S/C16H21NO3S/c1-10-9-12(21-11(10)6-7-14(18)19)15(20)17-13-5-4-8-16(13,2)3/h6-7,9,13H,4-5,8H2,1-3H3,(H,17,20)(H,18,19)/b7-6+. The predicted octanol–water partition coefficient (Wildman–Crippen LogP) is 3.46. The first-order valence-corrected chi connectivity index (χ1v) is 7.93. The van der Waals surface area contributed by atoms with Crippen molar-refractivity contribution in [3.8, 4) is 0 Å². The Kier molecular flexibility index (Phi) is 4.52. The van der Waals surface area contributed by atoms with Crippen molar-refractivity contribution in [1.29, 1.82) is 0 Å². The summed E-state index contributed by atoms with van der Waals surface area (Å²) in [6.07, 6.45) is 5.94. The Morgan fingerprint density at radius 2 is 2.19 bits per heavy atom. The highest BCUT2D eigenvalue weighted by Gasteiger charge is 2.35. The van der Waals surface area contributed by atoms with Crippen LogP contribution in [0.1, 0.15) is 53.2 Å². The first-order valence-electron chi connectivity index (χ1n) is 7.12. The number of thiophene rings is 1. The second-order valence-corrected chi connectivity index (χ2v) is 7.32. The van der Waals surface area contributed by atoms with Gasteiger partial charge >= 0.3 is 5.97 Å². The molecule has 1 aliphatic carbocycles. The lowest BCUT2D eigenvalue weighted by atomic mass is 9.87. The van der Waals surface area contributed by atoms with E-state index >= 15 is 0 Å². The molecule has 1 fully saturated rings. The Morgan fingerprint density at radius 3 is 2.76 bits per heavy atom. The molecule has 1 atom stereocenters. The molecular weight excluding hydrogens is 286 g/mol. The van der Waals surface area contributed by atoms with Gasteiger partial charge in [-0.2, -0.15) is 0 Å². The van der Waals surface area contributed by atoms with Crippen molar-refractivity contribution in [3.63, 3.8) is 0 Å². The highest BCUT2D eigenvalue weighted by Crippen LogP contribution is 2.37. The zero-order valence-electron chi connectivity index (χ0n) is 12.6. The summed E-state index contributed by atoms with van der Waals surface area (Å²) < 4.78 is 0. The van der Waals surface area contributed by atoms with Gasteiger partial charge in [0.25, 0.3) is 5.91 Å². The molecule has 1 amide bonds. The highest BCUT2D eigenvalue weighted by atomic mass is 32.1. The molecule has 1 aliphatic rings. The Labute approximate surface area is 128 Å². The van der Waals surface area contributed by atoms with Crippen LogP contribution in [0.3, 0.4) is 0 Å². The van der Waals surface area contributed by atoms with Crippen molar-refractivity contribution in [2.24, 2.45) is 5.41 Å². The van der Waals surface area contributed by atoms with E-state index in [1.54, 1.807) is 6.08 Å². The highest BCUT2D eigenvalue weighted by molar-refractivity contribution is 7.15.